The topological polar surface area (TPSA) is 93.2 Å². The lowest BCUT2D eigenvalue weighted by Gasteiger charge is -2.35. The van der Waals surface area contributed by atoms with E-state index in [1.54, 1.807) is 6.07 Å². The van der Waals surface area contributed by atoms with E-state index in [0.29, 0.717) is 43.6 Å². The predicted molar refractivity (Wildman–Crippen MR) is 110 cm³/mol. The molecular weight excluding hydrogens is 382 g/mol. The van der Waals surface area contributed by atoms with Crippen LogP contribution in [0, 0.1) is 20.8 Å². The van der Waals surface area contributed by atoms with E-state index in [4.69, 9.17) is 4.52 Å². The Morgan fingerprint density at radius 2 is 1.73 bits per heavy atom. The maximum atomic E-state index is 12.8. The third-order valence-electron chi connectivity index (χ3n) is 5.66. The maximum Gasteiger partial charge on any atom is 0.276 e. The van der Waals surface area contributed by atoms with Gasteiger partial charge in [0.2, 0.25) is 0 Å². The fourth-order valence-electron chi connectivity index (χ4n) is 3.92. The molecule has 9 nitrogen and oxygen atoms in total. The van der Waals surface area contributed by atoms with Crippen LogP contribution in [0.2, 0.25) is 0 Å². The summed E-state index contributed by atoms with van der Waals surface area (Å²) in [5.74, 6) is 3.54. The Labute approximate surface area is 174 Å². The number of carbonyl (C=O) groups excluding carboxylic acids is 1. The number of anilines is 1. The highest BCUT2D eigenvalue weighted by atomic mass is 16.5. The molecule has 2 fully saturated rings. The molecule has 9 heteroatoms. The van der Waals surface area contributed by atoms with Gasteiger partial charge >= 0.3 is 0 Å². The second-order valence-corrected chi connectivity index (χ2v) is 8.14. The van der Waals surface area contributed by atoms with Gasteiger partial charge in [0, 0.05) is 49.9 Å². The highest BCUT2D eigenvalue weighted by molar-refractivity contribution is 5.92. The molecule has 0 aromatic carbocycles. The summed E-state index contributed by atoms with van der Waals surface area (Å²) in [6.07, 6.45) is 2.25. The zero-order valence-electron chi connectivity index (χ0n) is 17.5. The van der Waals surface area contributed by atoms with Gasteiger partial charge < -0.3 is 14.3 Å². The summed E-state index contributed by atoms with van der Waals surface area (Å²) in [6.45, 7) is 8.50. The molecule has 4 heterocycles. The van der Waals surface area contributed by atoms with Gasteiger partial charge in [0.15, 0.2) is 11.5 Å². The zero-order chi connectivity index (χ0) is 20.8. The van der Waals surface area contributed by atoms with Gasteiger partial charge in [-0.15, -0.1) is 0 Å². The van der Waals surface area contributed by atoms with E-state index in [1.165, 1.54) is 0 Å². The van der Waals surface area contributed by atoms with E-state index in [1.807, 2.05) is 42.5 Å². The molecule has 0 radical (unpaired) electrons. The minimum Gasteiger partial charge on any atom is -0.360 e. The molecule has 3 aromatic rings. The van der Waals surface area contributed by atoms with Crippen molar-refractivity contribution in [1.82, 2.24) is 29.8 Å². The zero-order valence-corrected chi connectivity index (χ0v) is 17.5. The third-order valence-corrected chi connectivity index (χ3v) is 5.66. The Morgan fingerprint density at radius 1 is 1.00 bits per heavy atom. The molecule has 0 bridgehead atoms. The molecule has 5 rings (SSSR count). The molecule has 0 spiro atoms. The first kappa shape index (κ1) is 18.8. The van der Waals surface area contributed by atoms with Crippen molar-refractivity contribution in [2.45, 2.75) is 39.5 Å². The molecule has 1 saturated heterocycles. The average Bonchev–Trinajstić information content (AvgIpc) is 3.37. The van der Waals surface area contributed by atoms with Crippen molar-refractivity contribution in [3.8, 4) is 5.82 Å². The molecule has 0 N–H and O–H groups in total. The predicted octanol–water partition coefficient (Wildman–Crippen LogP) is 2.42. The molecule has 3 aromatic heterocycles. The number of aromatic nitrogens is 5. The Hall–Kier alpha value is -3.23. The molecule has 1 amide bonds. The molecule has 156 valence electrons. The first-order valence-electron chi connectivity index (χ1n) is 10.4. The fraction of sp³-hybridized carbons (Fsp3) is 0.476. The Kier molecular flexibility index (Phi) is 4.52. The van der Waals surface area contributed by atoms with Gasteiger partial charge in [-0.1, -0.05) is 5.16 Å². The van der Waals surface area contributed by atoms with Crippen LogP contribution < -0.4 is 4.90 Å². The van der Waals surface area contributed by atoms with E-state index >= 15 is 0 Å². The number of rotatable bonds is 4. The minimum absolute atomic E-state index is 0.0625. The van der Waals surface area contributed by atoms with Crippen molar-refractivity contribution in [2.24, 2.45) is 0 Å². The van der Waals surface area contributed by atoms with Crippen molar-refractivity contribution >= 4 is 11.7 Å². The summed E-state index contributed by atoms with van der Waals surface area (Å²) >= 11 is 0. The summed E-state index contributed by atoms with van der Waals surface area (Å²) in [4.78, 5) is 26.0. The van der Waals surface area contributed by atoms with E-state index in [9.17, 15) is 4.79 Å². The van der Waals surface area contributed by atoms with Crippen LogP contribution in [0.3, 0.4) is 0 Å². The number of piperazine rings is 1. The average molecular weight is 407 g/mol. The highest BCUT2D eigenvalue weighted by Crippen LogP contribution is 2.40. The third kappa shape index (κ3) is 3.55. The standard InChI is InChI=1S/C21H25N7O2/c1-13-10-14(2)28(24-13)20-12-19(22-15(3)23-20)26-6-8-27(9-7-26)21(29)17-11-18(30-25-17)16-4-5-16/h10-12,16H,4-9H2,1-3H3. The van der Waals surface area contributed by atoms with Gasteiger partial charge in [0.1, 0.15) is 17.4 Å². The Balaban J connectivity index is 1.29. The van der Waals surface area contributed by atoms with Crippen LogP contribution in [0.1, 0.15) is 52.2 Å². The lowest BCUT2D eigenvalue weighted by atomic mass is 10.2. The van der Waals surface area contributed by atoms with Crippen LogP contribution in [-0.2, 0) is 0 Å². The number of nitrogens with zero attached hydrogens (tertiary/aromatic N) is 7. The number of amides is 1. The van der Waals surface area contributed by atoms with E-state index < -0.39 is 0 Å². The molecule has 1 saturated carbocycles. The first-order chi connectivity index (χ1) is 14.5. The summed E-state index contributed by atoms with van der Waals surface area (Å²) < 4.78 is 7.18. The van der Waals surface area contributed by atoms with Crippen LogP contribution in [0.25, 0.3) is 5.82 Å². The second-order valence-electron chi connectivity index (χ2n) is 8.14. The normalized spacial score (nSPS) is 16.9. The quantitative estimate of drug-likeness (QED) is 0.656. The summed E-state index contributed by atoms with van der Waals surface area (Å²) in [7, 11) is 0. The largest absolute Gasteiger partial charge is 0.360 e. The molecule has 0 atom stereocenters. The monoisotopic (exact) mass is 407 g/mol. The second kappa shape index (κ2) is 7.23. The maximum absolute atomic E-state index is 12.8. The Bertz CT molecular complexity index is 1090. The lowest BCUT2D eigenvalue weighted by Crippen LogP contribution is -2.49. The summed E-state index contributed by atoms with van der Waals surface area (Å²) in [5, 5.41) is 8.52. The molecule has 30 heavy (non-hydrogen) atoms. The smallest absolute Gasteiger partial charge is 0.276 e. The molecule has 0 unspecified atom stereocenters. The van der Waals surface area contributed by atoms with Gasteiger partial charge in [0.25, 0.3) is 5.91 Å². The van der Waals surface area contributed by atoms with E-state index in [-0.39, 0.29) is 5.91 Å². The van der Waals surface area contributed by atoms with Gasteiger partial charge in [0.05, 0.1) is 5.69 Å². The van der Waals surface area contributed by atoms with Crippen molar-refractivity contribution in [3.05, 3.63) is 46.9 Å². The van der Waals surface area contributed by atoms with Crippen molar-refractivity contribution in [2.75, 3.05) is 31.1 Å². The summed E-state index contributed by atoms with van der Waals surface area (Å²) in [6, 6.07) is 5.80. The highest BCUT2D eigenvalue weighted by Gasteiger charge is 2.31. The number of aryl methyl sites for hydroxylation is 3. The number of hydrogen-bond donors (Lipinski definition) is 0. The van der Waals surface area contributed by atoms with Crippen molar-refractivity contribution < 1.29 is 9.32 Å². The first-order valence-corrected chi connectivity index (χ1v) is 10.4. The molecule has 2 aliphatic rings. The van der Waals surface area contributed by atoms with E-state index in [2.05, 4.69) is 25.1 Å². The van der Waals surface area contributed by atoms with Crippen LogP contribution >= 0.6 is 0 Å². The lowest BCUT2D eigenvalue weighted by molar-refractivity contribution is 0.0736. The number of hydrogen-bond acceptors (Lipinski definition) is 7. The molecule has 1 aliphatic carbocycles. The minimum atomic E-state index is -0.0625. The summed E-state index contributed by atoms with van der Waals surface area (Å²) in [5.41, 5.74) is 2.40. The van der Waals surface area contributed by atoms with Crippen molar-refractivity contribution in [1.29, 1.82) is 0 Å². The van der Waals surface area contributed by atoms with Crippen molar-refractivity contribution in [3.63, 3.8) is 0 Å². The fourth-order valence-corrected chi connectivity index (χ4v) is 3.92. The SMILES string of the molecule is Cc1cc(C)n(-c2cc(N3CCN(C(=O)c4cc(C5CC5)on4)CC3)nc(C)n2)n1. The van der Waals surface area contributed by atoms with E-state index in [0.717, 1.165) is 41.6 Å². The van der Waals surface area contributed by atoms with Gasteiger partial charge in [-0.25, -0.2) is 14.6 Å². The van der Waals surface area contributed by atoms with Crippen LogP contribution in [-0.4, -0.2) is 61.9 Å². The van der Waals surface area contributed by atoms with Crippen LogP contribution in [0.4, 0.5) is 5.82 Å². The van der Waals surface area contributed by atoms with Gasteiger partial charge in [-0.2, -0.15) is 5.10 Å². The van der Waals surface area contributed by atoms with Gasteiger partial charge in [-0.3, -0.25) is 4.79 Å². The van der Waals surface area contributed by atoms with Gasteiger partial charge in [-0.05, 0) is 39.7 Å². The molecule has 1 aliphatic heterocycles. The Morgan fingerprint density at radius 3 is 2.40 bits per heavy atom. The van der Waals surface area contributed by atoms with Crippen LogP contribution in [0.15, 0.2) is 22.7 Å². The number of carbonyl (C=O) groups is 1. The molecular formula is C21H25N7O2. The van der Waals surface area contributed by atoms with Crippen LogP contribution in [0.5, 0.6) is 0 Å².